The number of thiol groups is 1. The summed E-state index contributed by atoms with van der Waals surface area (Å²) in [6.45, 7) is 0.583. The molecule has 23 heavy (non-hydrogen) atoms. The molecule has 0 spiro atoms. The molecule has 0 heterocycles. The second-order valence-corrected chi connectivity index (χ2v) is 15.5. The molecule has 0 aliphatic heterocycles. The number of hydrogen-bond acceptors (Lipinski definition) is 3. The van der Waals surface area contributed by atoms with E-state index in [4.69, 9.17) is 11.7 Å². The van der Waals surface area contributed by atoms with Crippen molar-refractivity contribution in [3.05, 3.63) is 30.3 Å². The molecular formula is C17H27NO2S3. The Kier molecular flexibility index (Phi) is 4.96. The second kappa shape index (κ2) is 6.52. The van der Waals surface area contributed by atoms with E-state index in [0.29, 0.717) is 17.7 Å². The van der Waals surface area contributed by atoms with E-state index >= 15 is 0 Å². The summed E-state index contributed by atoms with van der Waals surface area (Å²) in [6.07, 6.45) is 9.71. The highest BCUT2D eigenvalue weighted by Crippen LogP contribution is 2.56. The van der Waals surface area contributed by atoms with Crippen LogP contribution in [0.3, 0.4) is 0 Å². The number of nitrogens with zero attached hydrogens (tertiary/aromatic N) is 1. The maximum Gasteiger partial charge on any atom is 0.238 e. The van der Waals surface area contributed by atoms with Crippen LogP contribution in [0.4, 0.5) is 5.69 Å². The van der Waals surface area contributed by atoms with E-state index in [1.807, 2.05) is 30.3 Å². The third kappa shape index (κ3) is 3.85. The van der Waals surface area contributed by atoms with Gasteiger partial charge in [-0.3, -0.25) is 4.31 Å². The number of sulfonamides is 1. The zero-order chi connectivity index (χ0) is 16.7. The van der Waals surface area contributed by atoms with Gasteiger partial charge < -0.3 is 0 Å². The van der Waals surface area contributed by atoms with Gasteiger partial charge in [0.05, 0.1) is 10.9 Å². The van der Waals surface area contributed by atoms with Gasteiger partial charge in [0.2, 0.25) is 10.0 Å². The molecule has 1 aromatic rings. The fourth-order valence-corrected chi connectivity index (χ4v) is 7.69. The molecule has 2 fully saturated rings. The maximum absolute atomic E-state index is 13.0. The highest BCUT2D eigenvalue weighted by molar-refractivity contribution is 8.87. The molecule has 6 heteroatoms. The third-order valence-corrected chi connectivity index (χ3v) is 10.2. The topological polar surface area (TPSA) is 37.4 Å². The Hall–Kier alpha value is -0.330. The van der Waals surface area contributed by atoms with Gasteiger partial charge in [0.1, 0.15) is 0 Å². The lowest BCUT2D eigenvalue weighted by Crippen LogP contribution is -2.44. The zero-order valence-corrected chi connectivity index (χ0v) is 16.4. The van der Waals surface area contributed by atoms with Crippen molar-refractivity contribution in [2.24, 2.45) is 5.92 Å². The lowest BCUT2D eigenvalue weighted by Gasteiger charge is -2.46. The Morgan fingerprint density at radius 1 is 1.13 bits per heavy atom. The molecule has 130 valence electrons. The fraction of sp³-hybridized carbons (Fsp3) is 0.647. The van der Waals surface area contributed by atoms with Crippen LogP contribution in [0.15, 0.2) is 30.3 Å². The van der Waals surface area contributed by atoms with E-state index in [-0.39, 0.29) is 5.25 Å². The molecule has 3 rings (SSSR count). The molecule has 0 saturated heterocycles. The highest BCUT2D eigenvalue weighted by atomic mass is 33.1. The lowest BCUT2D eigenvalue weighted by molar-refractivity contribution is 0.308. The maximum atomic E-state index is 13.0. The van der Waals surface area contributed by atoms with E-state index < -0.39 is 19.1 Å². The molecule has 0 bridgehead atoms. The average Bonchev–Trinajstić information content (AvgIpc) is 3.25. The van der Waals surface area contributed by atoms with Gasteiger partial charge in [-0.05, 0) is 56.2 Å². The number of para-hydroxylation sites is 1. The number of anilines is 1. The number of hydrogen-bond donors (Lipinski definition) is 1. The first-order chi connectivity index (χ1) is 10.8. The Bertz CT molecular complexity index is 632. The molecule has 0 N–H and O–H groups in total. The highest BCUT2D eigenvalue weighted by Gasteiger charge is 2.43. The van der Waals surface area contributed by atoms with Gasteiger partial charge in [0.15, 0.2) is 0 Å². The van der Waals surface area contributed by atoms with E-state index in [9.17, 15) is 8.42 Å². The first-order valence-corrected chi connectivity index (χ1v) is 13.4. The third-order valence-electron chi connectivity index (χ3n) is 5.06. The molecule has 2 aliphatic carbocycles. The molecule has 0 amide bonds. The van der Waals surface area contributed by atoms with Crippen molar-refractivity contribution >= 4 is 36.4 Å². The van der Waals surface area contributed by atoms with Crippen LogP contribution in [0.1, 0.15) is 32.1 Å². The van der Waals surface area contributed by atoms with Gasteiger partial charge in [0, 0.05) is 11.8 Å². The average molecular weight is 374 g/mol. The van der Waals surface area contributed by atoms with Crippen LogP contribution in [-0.4, -0.2) is 38.0 Å². The van der Waals surface area contributed by atoms with Crippen LogP contribution >= 0.6 is 20.7 Å². The van der Waals surface area contributed by atoms with Crippen LogP contribution < -0.4 is 4.31 Å². The van der Waals surface area contributed by atoms with E-state index in [0.717, 1.165) is 18.5 Å². The minimum Gasteiger partial charge on any atom is -0.269 e. The molecule has 1 atom stereocenters. The van der Waals surface area contributed by atoms with Crippen LogP contribution in [-0.2, 0) is 10.0 Å². The van der Waals surface area contributed by atoms with Crippen molar-refractivity contribution in [2.45, 2.75) is 42.6 Å². The number of rotatable bonds is 7. The summed E-state index contributed by atoms with van der Waals surface area (Å²) >= 11 is 4.89. The van der Waals surface area contributed by atoms with Crippen LogP contribution in [0.25, 0.3) is 0 Å². The minimum atomic E-state index is -3.24. The van der Waals surface area contributed by atoms with Gasteiger partial charge in [-0.1, -0.05) is 24.6 Å². The van der Waals surface area contributed by atoms with Gasteiger partial charge in [-0.15, -0.1) is 11.7 Å². The minimum absolute atomic E-state index is 0.178. The summed E-state index contributed by atoms with van der Waals surface area (Å²) in [4.78, 5) is 0. The Morgan fingerprint density at radius 2 is 1.74 bits per heavy atom. The van der Waals surface area contributed by atoms with E-state index in [2.05, 4.69) is 12.5 Å². The van der Waals surface area contributed by atoms with E-state index in [1.54, 1.807) is 4.31 Å². The Labute approximate surface area is 147 Å². The Morgan fingerprint density at radius 3 is 2.17 bits per heavy atom. The standard InChI is InChI=1S/C17H27NO2S3/c1-22(2,21)17(14-7-6-8-14)13-18(15-9-4-3-5-10-15)23(19,20)16-11-12-16/h3-5,9-10,14,16-17,21H,6-8,11-13H2,1-2H3. The van der Waals surface area contributed by atoms with Crippen molar-refractivity contribution in [1.82, 2.24) is 0 Å². The summed E-state index contributed by atoms with van der Waals surface area (Å²) in [7, 11) is -4.35. The smallest absolute Gasteiger partial charge is 0.238 e. The molecule has 2 aliphatic rings. The first-order valence-electron chi connectivity index (χ1n) is 8.31. The lowest BCUT2D eigenvalue weighted by atomic mass is 9.82. The summed E-state index contributed by atoms with van der Waals surface area (Å²) in [5.41, 5.74) is 0.806. The molecule has 0 aromatic heterocycles. The molecule has 1 aromatic carbocycles. The predicted molar refractivity (Wildman–Crippen MR) is 105 cm³/mol. The monoisotopic (exact) mass is 373 g/mol. The van der Waals surface area contributed by atoms with Gasteiger partial charge >= 0.3 is 0 Å². The first kappa shape index (κ1) is 17.5. The quantitative estimate of drug-likeness (QED) is 0.578. The molecular weight excluding hydrogens is 346 g/mol. The zero-order valence-electron chi connectivity index (χ0n) is 13.9. The summed E-state index contributed by atoms with van der Waals surface area (Å²) in [5, 5.41) is 0.177. The fourth-order valence-electron chi connectivity index (χ4n) is 3.27. The molecule has 1 unspecified atom stereocenters. The van der Waals surface area contributed by atoms with Crippen molar-refractivity contribution in [3.8, 4) is 0 Å². The largest absolute Gasteiger partial charge is 0.269 e. The van der Waals surface area contributed by atoms with Gasteiger partial charge in [0.25, 0.3) is 0 Å². The predicted octanol–water partition coefficient (Wildman–Crippen LogP) is 4.06. The van der Waals surface area contributed by atoms with Crippen LogP contribution in [0, 0.1) is 5.92 Å². The summed E-state index contributed by atoms with van der Waals surface area (Å²) in [5.74, 6) is 0.623. The second-order valence-electron chi connectivity index (χ2n) is 7.19. The molecule has 3 nitrogen and oxygen atoms in total. The van der Waals surface area contributed by atoms with Crippen molar-refractivity contribution in [1.29, 1.82) is 0 Å². The molecule has 0 radical (unpaired) electrons. The van der Waals surface area contributed by atoms with Gasteiger partial charge in [-0.2, -0.15) is 9.06 Å². The normalized spacial score (nSPS) is 21.5. The van der Waals surface area contributed by atoms with Crippen molar-refractivity contribution in [2.75, 3.05) is 23.4 Å². The SMILES string of the molecule is CS(C)(S)C(CN(c1ccccc1)S(=O)(=O)C1CC1)C1CCC1. The number of benzene rings is 1. The molecule has 2 saturated carbocycles. The van der Waals surface area contributed by atoms with Crippen LogP contribution in [0.2, 0.25) is 0 Å². The van der Waals surface area contributed by atoms with Crippen molar-refractivity contribution < 1.29 is 8.42 Å². The van der Waals surface area contributed by atoms with Crippen molar-refractivity contribution in [3.63, 3.8) is 0 Å². The summed E-state index contributed by atoms with van der Waals surface area (Å²) in [6, 6.07) is 9.60. The van der Waals surface area contributed by atoms with Crippen LogP contribution in [0.5, 0.6) is 0 Å². The summed E-state index contributed by atoms with van der Waals surface area (Å²) < 4.78 is 27.7. The van der Waals surface area contributed by atoms with E-state index in [1.165, 1.54) is 19.3 Å². The van der Waals surface area contributed by atoms with Gasteiger partial charge in [-0.25, -0.2) is 8.42 Å². The Balaban J connectivity index is 1.91.